The van der Waals surface area contributed by atoms with E-state index in [4.69, 9.17) is 22.1 Å². The zero-order valence-corrected chi connectivity index (χ0v) is 11.0. The van der Waals surface area contributed by atoms with Crippen molar-refractivity contribution in [2.45, 2.75) is 5.75 Å². The Bertz CT molecular complexity index is 448. The molecule has 1 aromatic rings. The molecule has 0 saturated carbocycles. The third-order valence-electron chi connectivity index (χ3n) is 2.13. The van der Waals surface area contributed by atoms with E-state index in [1.165, 1.54) is 0 Å². The van der Waals surface area contributed by atoms with Crippen LogP contribution in [0, 0.1) is 0 Å². The smallest absolute Gasteiger partial charge is 0.156 e. The topological polar surface area (TPSA) is 69.4 Å². The first kappa shape index (κ1) is 14.4. The van der Waals surface area contributed by atoms with Crippen molar-refractivity contribution >= 4 is 21.4 Å². The molecule has 0 aliphatic heterocycles. The lowest BCUT2D eigenvalue weighted by Gasteiger charge is -2.06. The van der Waals surface area contributed by atoms with Gasteiger partial charge in [0.2, 0.25) is 0 Å². The van der Waals surface area contributed by atoms with Gasteiger partial charge in [0.15, 0.2) is 9.84 Å². The van der Waals surface area contributed by atoms with Crippen LogP contribution in [0.4, 0.5) is 0 Å². The molecule has 0 fully saturated rings. The molecule has 17 heavy (non-hydrogen) atoms. The van der Waals surface area contributed by atoms with E-state index >= 15 is 0 Å². The van der Waals surface area contributed by atoms with Gasteiger partial charge in [-0.1, -0.05) is 29.8 Å². The van der Waals surface area contributed by atoms with Crippen LogP contribution in [0.2, 0.25) is 5.02 Å². The van der Waals surface area contributed by atoms with Crippen LogP contribution in [-0.2, 0) is 20.3 Å². The predicted molar refractivity (Wildman–Crippen MR) is 68.8 cm³/mol. The van der Waals surface area contributed by atoms with Gasteiger partial charge in [0.1, 0.15) is 0 Å². The van der Waals surface area contributed by atoms with Crippen LogP contribution >= 0.6 is 11.6 Å². The summed E-state index contributed by atoms with van der Waals surface area (Å²) >= 11 is 5.90. The minimum absolute atomic E-state index is 0.0157. The summed E-state index contributed by atoms with van der Waals surface area (Å²) in [6, 6.07) is 6.92. The molecule has 96 valence electrons. The normalized spacial score (nSPS) is 11.6. The van der Waals surface area contributed by atoms with Gasteiger partial charge in [0.25, 0.3) is 0 Å². The fraction of sp³-hybridized carbons (Fsp3) is 0.455. The van der Waals surface area contributed by atoms with Crippen LogP contribution in [0.3, 0.4) is 0 Å². The number of ether oxygens (including phenoxy) is 1. The maximum atomic E-state index is 11.7. The van der Waals surface area contributed by atoms with E-state index in [-0.39, 0.29) is 18.1 Å². The molecule has 0 atom stereocenters. The van der Waals surface area contributed by atoms with Crippen molar-refractivity contribution in [1.82, 2.24) is 0 Å². The van der Waals surface area contributed by atoms with E-state index in [0.717, 1.165) is 0 Å². The molecule has 0 aliphatic rings. The highest BCUT2D eigenvalue weighted by atomic mass is 35.5. The van der Waals surface area contributed by atoms with Gasteiger partial charge < -0.3 is 10.5 Å². The van der Waals surface area contributed by atoms with Crippen molar-refractivity contribution < 1.29 is 13.2 Å². The highest BCUT2D eigenvalue weighted by Gasteiger charge is 2.13. The standard InChI is InChI=1S/C11H16ClNO3S/c12-11-4-2-1-3-10(11)9-17(14,15)8-7-16-6-5-13/h1-4H,5-9,13H2. The molecular weight excluding hydrogens is 262 g/mol. The van der Waals surface area contributed by atoms with Gasteiger partial charge in [0, 0.05) is 11.6 Å². The zero-order chi connectivity index (χ0) is 12.7. The van der Waals surface area contributed by atoms with Crippen LogP contribution in [0.1, 0.15) is 5.56 Å². The molecule has 6 heteroatoms. The SMILES string of the molecule is NCCOCCS(=O)(=O)Cc1ccccc1Cl. The van der Waals surface area contributed by atoms with Crippen LogP contribution < -0.4 is 5.73 Å². The van der Waals surface area contributed by atoms with E-state index < -0.39 is 9.84 Å². The predicted octanol–water partition coefficient (Wildman–Crippen LogP) is 1.23. The summed E-state index contributed by atoms with van der Waals surface area (Å²) in [5, 5.41) is 0.471. The highest BCUT2D eigenvalue weighted by molar-refractivity contribution is 7.90. The molecule has 2 N–H and O–H groups in total. The monoisotopic (exact) mass is 277 g/mol. The van der Waals surface area contributed by atoms with Crippen LogP contribution in [0.25, 0.3) is 0 Å². The second-order valence-electron chi connectivity index (χ2n) is 3.58. The van der Waals surface area contributed by atoms with E-state index in [2.05, 4.69) is 0 Å². The summed E-state index contributed by atoms with van der Waals surface area (Å²) in [4.78, 5) is 0. The molecule has 0 spiro atoms. The molecule has 0 bridgehead atoms. The van der Waals surface area contributed by atoms with Crippen molar-refractivity contribution in [3.63, 3.8) is 0 Å². The lowest BCUT2D eigenvalue weighted by Crippen LogP contribution is -2.17. The Morgan fingerprint density at radius 1 is 1.24 bits per heavy atom. The molecular formula is C11H16ClNO3S. The van der Waals surface area contributed by atoms with Crippen LogP contribution in [0.15, 0.2) is 24.3 Å². The Balaban J connectivity index is 2.52. The molecule has 1 rings (SSSR count). The second kappa shape index (κ2) is 6.96. The molecule has 4 nitrogen and oxygen atoms in total. The van der Waals surface area contributed by atoms with Gasteiger partial charge in [-0.05, 0) is 11.6 Å². The average Bonchev–Trinajstić information content (AvgIpc) is 2.28. The van der Waals surface area contributed by atoms with Crippen LogP contribution in [-0.4, -0.2) is 33.9 Å². The Morgan fingerprint density at radius 3 is 2.59 bits per heavy atom. The first-order valence-electron chi connectivity index (χ1n) is 5.27. The summed E-state index contributed by atoms with van der Waals surface area (Å²) in [5.41, 5.74) is 5.85. The largest absolute Gasteiger partial charge is 0.379 e. The number of nitrogens with two attached hydrogens (primary N) is 1. The number of sulfone groups is 1. The number of hydrogen-bond acceptors (Lipinski definition) is 4. The van der Waals surface area contributed by atoms with Crippen molar-refractivity contribution in [2.24, 2.45) is 5.73 Å². The van der Waals surface area contributed by atoms with Gasteiger partial charge in [-0.15, -0.1) is 0 Å². The van der Waals surface area contributed by atoms with Crippen molar-refractivity contribution in [3.05, 3.63) is 34.9 Å². The lowest BCUT2D eigenvalue weighted by atomic mass is 10.2. The first-order valence-corrected chi connectivity index (χ1v) is 7.47. The fourth-order valence-corrected chi connectivity index (χ4v) is 2.82. The van der Waals surface area contributed by atoms with Crippen molar-refractivity contribution in [2.75, 3.05) is 25.5 Å². The summed E-state index contributed by atoms with van der Waals surface area (Å²) < 4.78 is 28.5. The molecule has 0 unspecified atom stereocenters. The van der Waals surface area contributed by atoms with E-state index in [9.17, 15) is 8.42 Å². The minimum atomic E-state index is -3.19. The molecule has 0 aliphatic carbocycles. The maximum absolute atomic E-state index is 11.7. The second-order valence-corrected chi connectivity index (χ2v) is 6.18. The Hall–Kier alpha value is -0.620. The molecule has 0 amide bonds. The van der Waals surface area contributed by atoms with Gasteiger partial charge >= 0.3 is 0 Å². The quantitative estimate of drug-likeness (QED) is 0.761. The van der Waals surface area contributed by atoms with E-state index in [1.807, 2.05) is 0 Å². The van der Waals surface area contributed by atoms with Crippen molar-refractivity contribution in [3.8, 4) is 0 Å². The number of halogens is 1. The maximum Gasteiger partial charge on any atom is 0.156 e. The zero-order valence-electron chi connectivity index (χ0n) is 9.43. The Kier molecular flexibility index (Phi) is 5.91. The first-order chi connectivity index (χ1) is 8.05. The van der Waals surface area contributed by atoms with Gasteiger partial charge in [0.05, 0.1) is 24.7 Å². The Morgan fingerprint density at radius 2 is 1.94 bits per heavy atom. The average molecular weight is 278 g/mol. The third kappa shape index (κ3) is 5.50. The molecule has 0 heterocycles. The van der Waals surface area contributed by atoms with Gasteiger partial charge in [-0.3, -0.25) is 0 Å². The number of hydrogen-bond donors (Lipinski definition) is 1. The summed E-state index contributed by atoms with van der Waals surface area (Å²) in [7, 11) is -3.19. The van der Waals surface area contributed by atoms with Crippen molar-refractivity contribution in [1.29, 1.82) is 0 Å². The van der Waals surface area contributed by atoms with Gasteiger partial charge in [-0.25, -0.2) is 8.42 Å². The van der Waals surface area contributed by atoms with E-state index in [0.29, 0.717) is 23.7 Å². The molecule has 0 aromatic heterocycles. The summed E-state index contributed by atoms with van der Waals surface area (Å²) in [5.74, 6) is -0.0725. The lowest BCUT2D eigenvalue weighted by molar-refractivity contribution is 0.157. The van der Waals surface area contributed by atoms with Gasteiger partial charge in [-0.2, -0.15) is 0 Å². The molecule has 1 aromatic carbocycles. The highest BCUT2D eigenvalue weighted by Crippen LogP contribution is 2.17. The van der Waals surface area contributed by atoms with Crippen LogP contribution in [0.5, 0.6) is 0 Å². The minimum Gasteiger partial charge on any atom is -0.379 e. The third-order valence-corrected chi connectivity index (χ3v) is 4.04. The summed E-state index contributed by atoms with van der Waals surface area (Å²) in [6.45, 7) is 0.941. The fourth-order valence-electron chi connectivity index (χ4n) is 1.30. The molecule has 0 radical (unpaired) electrons. The Labute approximate surface area is 107 Å². The molecule has 0 saturated heterocycles. The van der Waals surface area contributed by atoms with E-state index in [1.54, 1.807) is 24.3 Å². The number of rotatable bonds is 7. The summed E-state index contributed by atoms with van der Waals surface area (Å²) in [6.07, 6.45) is 0. The number of benzene rings is 1.